The van der Waals surface area contributed by atoms with E-state index in [2.05, 4.69) is 69.3 Å². The van der Waals surface area contributed by atoms with Gasteiger partial charge in [0.05, 0.1) is 0 Å². The van der Waals surface area contributed by atoms with Gasteiger partial charge < -0.3 is 5.73 Å². The van der Waals surface area contributed by atoms with Crippen LogP contribution >= 0.6 is 0 Å². The van der Waals surface area contributed by atoms with E-state index in [9.17, 15) is 0 Å². The zero-order chi connectivity index (χ0) is 13.9. The van der Waals surface area contributed by atoms with Gasteiger partial charge in [0.15, 0.2) is 0 Å². The molecule has 0 aliphatic carbocycles. The van der Waals surface area contributed by atoms with Crippen molar-refractivity contribution in [2.45, 2.75) is 32.6 Å². The second-order valence-electron chi connectivity index (χ2n) is 5.73. The van der Waals surface area contributed by atoms with Gasteiger partial charge >= 0.3 is 0 Å². The van der Waals surface area contributed by atoms with E-state index < -0.39 is 0 Å². The molecule has 0 saturated carbocycles. The fraction of sp³-hybridized carbons (Fsp3) is 0.333. The van der Waals surface area contributed by atoms with Crippen LogP contribution in [-0.2, 0) is 11.8 Å². The van der Waals surface area contributed by atoms with Crippen molar-refractivity contribution in [3.63, 3.8) is 0 Å². The fourth-order valence-electron chi connectivity index (χ4n) is 2.48. The molecular formula is C18H23N. The Kier molecular flexibility index (Phi) is 4.06. The van der Waals surface area contributed by atoms with Crippen molar-refractivity contribution in [1.29, 1.82) is 0 Å². The molecule has 0 radical (unpaired) electrons. The minimum atomic E-state index is -0.000185. The summed E-state index contributed by atoms with van der Waals surface area (Å²) in [5.74, 6) is 0. The van der Waals surface area contributed by atoms with Crippen molar-refractivity contribution >= 4 is 0 Å². The van der Waals surface area contributed by atoms with E-state index in [0.29, 0.717) is 6.54 Å². The summed E-state index contributed by atoms with van der Waals surface area (Å²) < 4.78 is 0. The van der Waals surface area contributed by atoms with Gasteiger partial charge in [0.2, 0.25) is 0 Å². The summed E-state index contributed by atoms with van der Waals surface area (Å²) in [5, 5.41) is 0. The van der Waals surface area contributed by atoms with Crippen molar-refractivity contribution in [2.75, 3.05) is 6.54 Å². The van der Waals surface area contributed by atoms with Crippen LogP contribution in [0.4, 0.5) is 0 Å². The molecule has 2 aromatic carbocycles. The maximum Gasteiger partial charge on any atom is 0.00877 e. The maximum absolute atomic E-state index is 6.08. The SMILES string of the molecule is Cc1ccc(C(C)(CN)Cc2ccccc2C)cc1. The third kappa shape index (κ3) is 3.05. The van der Waals surface area contributed by atoms with E-state index in [1.807, 2.05) is 0 Å². The normalized spacial score (nSPS) is 14.1. The van der Waals surface area contributed by atoms with E-state index in [0.717, 1.165) is 6.42 Å². The first-order valence-electron chi connectivity index (χ1n) is 6.87. The van der Waals surface area contributed by atoms with Gasteiger partial charge in [-0.2, -0.15) is 0 Å². The number of nitrogens with two attached hydrogens (primary N) is 1. The molecule has 0 aliphatic rings. The highest BCUT2D eigenvalue weighted by atomic mass is 14.6. The van der Waals surface area contributed by atoms with Gasteiger partial charge in [-0.25, -0.2) is 0 Å². The fourth-order valence-corrected chi connectivity index (χ4v) is 2.48. The molecule has 0 saturated heterocycles. The molecule has 2 N–H and O–H groups in total. The van der Waals surface area contributed by atoms with Gasteiger partial charge in [-0.05, 0) is 37.0 Å². The Morgan fingerprint density at radius 1 is 0.947 bits per heavy atom. The molecule has 100 valence electrons. The van der Waals surface area contributed by atoms with Crippen LogP contribution in [0.15, 0.2) is 48.5 Å². The van der Waals surface area contributed by atoms with Crippen LogP contribution in [0.2, 0.25) is 0 Å². The van der Waals surface area contributed by atoms with Crippen molar-refractivity contribution in [2.24, 2.45) is 5.73 Å². The van der Waals surface area contributed by atoms with Crippen LogP contribution in [0, 0.1) is 13.8 Å². The number of benzene rings is 2. The van der Waals surface area contributed by atoms with Gasteiger partial charge in [-0.1, -0.05) is 61.0 Å². The summed E-state index contributed by atoms with van der Waals surface area (Å²) >= 11 is 0. The molecule has 0 aliphatic heterocycles. The average Bonchev–Trinajstić information content (AvgIpc) is 2.42. The molecule has 0 spiro atoms. The topological polar surface area (TPSA) is 26.0 Å². The molecule has 0 aromatic heterocycles. The molecule has 0 fully saturated rings. The van der Waals surface area contributed by atoms with Crippen LogP contribution in [-0.4, -0.2) is 6.54 Å². The van der Waals surface area contributed by atoms with E-state index in [4.69, 9.17) is 5.73 Å². The zero-order valence-corrected chi connectivity index (χ0v) is 12.1. The van der Waals surface area contributed by atoms with Crippen LogP contribution in [0.25, 0.3) is 0 Å². The highest BCUT2D eigenvalue weighted by Crippen LogP contribution is 2.28. The summed E-state index contributed by atoms with van der Waals surface area (Å²) in [6.45, 7) is 7.20. The predicted octanol–water partition coefficient (Wildman–Crippen LogP) is 3.76. The van der Waals surface area contributed by atoms with Crippen LogP contribution in [0.5, 0.6) is 0 Å². The Labute approximate surface area is 116 Å². The molecule has 1 nitrogen and oxygen atoms in total. The van der Waals surface area contributed by atoms with Gasteiger partial charge in [0.1, 0.15) is 0 Å². The summed E-state index contributed by atoms with van der Waals surface area (Å²) in [6, 6.07) is 17.3. The van der Waals surface area contributed by atoms with Crippen molar-refractivity contribution in [1.82, 2.24) is 0 Å². The lowest BCUT2D eigenvalue weighted by Gasteiger charge is -2.29. The lowest BCUT2D eigenvalue weighted by molar-refractivity contribution is 0.480. The van der Waals surface area contributed by atoms with E-state index in [1.54, 1.807) is 0 Å². The van der Waals surface area contributed by atoms with E-state index >= 15 is 0 Å². The second kappa shape index (κ2) is 5.58. The smallest absolute Gasteiger partial charge is 0.00877 e. The van der Waals surface area contributed by atoms with Crippen molar-refractivity contribution in [3.8, 4) is 0 Å². The van der Waals surface area contributed by atoms with Crippen LogP contribution in [0.3, 0.4) is 0 Å². The minimum Gasteiger partial charge on any atom is -0.330 e. The zero-order valence-electron chi connectivity index (χ0n) is 12.1. The van der Waals surface area contributed by atoms with Crippen molar-refractivity contribution < 1.29 is 0 Å². The lowest BCUT2D eigenvalue weighted by Crippen LogP contribution is -2.34. The molecule has 0 heterocycles. The van der Waals surface area contributed by atoms with Crippen LogP contribution in [0.1, 0.15) is 29.2 Å². The largest absolute Gasteiger partial charge is 0.330 e. The molecule has 1 atom stereocenters. The summed E-state index contributed by atoms with van der Waals surface area (Å²) in [5.41, 5.74) is 11.4. The Bertz CT molecular complexity index is 542. The second-order valence-corrected chi connectivity index (χ2v) is 5.73. The van der Waals surface area contributed by atoms with Gasteiger partial charge in [0, 0.05) is 12.0 Å². The summed E-state index contributed by atoms with van der Waals surface area (Å²) in [6.07, 6.45) is 0.985. The maximum atomic E-state index is 6.08. The third-order valence-electron chi connectivity index (χ3n) is 4.04. The first-order valence-corrected chi connectivity index (χ1v) is 6.87. The number of hydrogen-bond donors (Lipinski definition) is 1. The highest BCUT2D eigenvalue weighted by Gasteiger charge is 2.25. The molecule has 19 heavy (non-hydrogen) atoms. The molecular weight excluding hydrogens is 230 g/mol. The Morgan fingerprint density at radius 3 is 2.16 bits per heavy atom. The Hall–Kier alpha value is -1.60. The highest BCUT2D eigenvalue weighted by molar-refractivity contribution is 5.34. The first kappa shape index (κ1) is 13.8. The third-order valence-corrected chi connectivity index (χ3v) is 4.04. The average molecular weight is 253 g/mol. The Morgan fingerprint density at radius 2 is 1.58 bits per heavy atom. The quantitative estimate of drug-likeness (QED) is 0.882. The molecule has 1 heteroatoms. The minimum absolute atomic E-state index is 0.000185. The predicted molar refractivity (Wildman–Crippen MR) is 82.5 cm³/mol. The monoisotopic (exact) mass is 253 g/mol. The van der Waals surface area contributed by atoms with Gasteiger partial charge in [-0.3, -0.25) is 0 Å². The van der Waals surface area contributed by atoms with Crippen LogP contribution < -0.4 is 5.73 Å². The first-order chi connectivity index (χ1) is 9.05. The molecule has 1 unspecified atom stereocenters. The molecule has 0 amide bonds. The Balaban J connectivity index is 2.33. The molecule has 2 rings (SSSR count). The lowest BCUT2D eigenvalue weighted by atomic mass is 9.76. The standard InChI is InChI=1S/C18H23N/c1-14-8-10-17(11-9-14)18(3,13-19)12-16-7-5-4-6-15(16)2/h4-11H,12-13,19H2,1-3H3. The number of hydrogen-bond acceptors (Lipinski definition) is 1. The number of rotatable bonds is 4. The molecule has 0 bridgehead atoms. The van der Waals surface area contributed by atoms with Gasteiger partial charge in [-0.15, -0.1) is 0 Å². The van der Waals surface area contributed by atoms with E-state index in [-0.39, 0.29) is 5.41 Å². The van der Waals surface area contributed by atoms with Gasteiger partial charge in [0.25, 0.3) is 0 Å². The van der Waals surface area contributed by atoms with Crippen molar-refractivity contribution in [3.05, 3.63) is 70.8 Å². The summed E-state index contributed by atoms with van der Waals surface area (Å²) in [7, 11) is 0. The summed E-state index contributed by atoms with van der Waals surface area (Å²) in [4.78, 5) is 0. The number of aryl methyl sites for hydroxylation is 2. The van der Waals surface area contributed by atoms with E-state index in [1.165, 1.54) is 22.3 Å². The molecule has 2 aromatic rings.